The van der Waals surface area contributed by atoms with Crippen molar-refractivity contribution in [3.63, 3.8) is 0 Å². The number of aromatic carboxylic acids is 1. The van der Waals surface area contributed by atoms with Crippen molar-refractivity contribution in [1.82, 2.24) is 0 Å². The van der Waals surface area contributed by atoms with E-state index in [0.29, 0.717) is 12.2 Å². The molecule has 0 heterocycles. The van der Waals surface area contributed by atoms with Gasteiger partial charge >= 0.3 is 11.9 Å². The number of ether oxygens (including phenoxy) is 2. The number of carbonyl (C=O) groups excluding carboxylic acids is 1. The van der Waals surface area contributed by atoms with Crippen molar-refractivity contribution in [1.29, 1.82) is 0 Å². The van der Waals surface area contributed by atoms with Crippen LogP contribution < -0.4 is 4.74 Å². The summed E-state index contributed by atoms with van der Waals surface area (Å²) < 4.78 is 11.2. The van der Waals surface area contributed by atoms with E-state index in [9.17, 15) is 9.59 Å². The lowest BCUT2D eigenvalue weighted by molar-refractivity contribution is -0.152. The second-order valence-electron chi connectivity index (χ2n) is 6.92. The minimum absolute atomic E-state index is 0.154. The summed E-state index contributed by atoms with van der Waals surface area (Å²) in [6.07, 6.45) is 1.53. The molecule has 0 aliphatic carbocycles. The van der Waals surface area contributed by atoms with Crippen molar-refractivity contribution in [2.45, 2.75) is 38.9 Å². The fraction of sp³-hybridized carbons (Fsp3) is 0.273. The molecule has 2 aromatic carbocycles. The summed E-state index contributed by atoms with van der Waals surface area (Å²) >= 11 is 0. The van der Waals surface area contributed by atoms with Crippen LogP contribution in [0.15, 0.2) is 61.2 Å². The van der Waals surface area contributed by atoms with Gasteiger partial charge in [0, 0.05) is 12.5 Å². The Bertz CT molecular complexity index is 804. The first-order valence-corrected chi connectivity index (χ1v) is 8.66. The molecule has 5 heteroatoms. The van der Waals surface area contributed by atoms with Crippen molar-refractivity contribution in [2.75, 3.05) is 0 Å². The molecule has 0 saturated heterocycles. The lowest BCUT2D eigenvalue weighted by atomic mass is 10.0. The van der Waals surface area contributed by atoms with E-state index in [-0.39, 0.29) is 11.7 Å². The van der Waals surface area contributed by atoms with Gasteiger partial charge in [-0.15, -0.1) is 0 Å². The molecule has 0 bridgehead atoms. The van der Waals surface area contributed by atoms with E-state index in [1.54, 1.807) is 24.3 Å². The first-order valence-electron chi connectivity index (χ1n) is 8.66. The van der Waals surface area contributed by atoms with Crippen molar-refractivity contribution in [3.8, 4) is 16.9 Å². The number of rotatable bonds is 8. The summed E-state index contributed by atoms with van der Waals surface area (Å²) in [5, 5.41) is 8.96. The SMILES string of the molecule is C=CC(=O)OC(C)(C)CC(C)Oc1ccc(-c2ccc(C(=O)O)cc2)cc1. The van der Waals surface area contributed by atoms with Gasteiger partial charge in [0.2, 0.25) is 0 Å². The van der Waals surface area contributed by atoms with Gasteiger partial charge in [-0.2, -0.15) is 0 Å². The van der Waals surface area contributed by atoms with Gasteiger partial charge < -0.3 is 14.6 Å². The van der Waals surface area contributed by atoms with E-state index < -0.39 is 17.5 Å². The number of hydrogen-bond acceptors (Lipinski definition) is 4. The van der Waals surface area contributed by atoms with E-state index >= 15 is 0 Å². The lowest BCUT2D eigenvalue weighted by Crippen LogP contribution is -2.33. The van der Waals surface area contributed by atoms with Crippen LogP contribution in [-0.4, -0.2) is 28.8 Å². The van der Waals surface area contributed by atoms with Gasteiger partial charge in [-0.3, -0.25) is 0 Å². The molecular weight excluding hydrogens is 344 g/mol. The Kier molecular flexibility index (Phi) is 6.40. The van der Waals surface area contributed by atoms with Crippen LogP contribution in [-0.2, 0) is 9.53 Å². The molecule has 2 aromatic rings. The number of hydrogen-bond donors (Lipinski definition) is 1. The van der Waals surface area contributed by atoms with Crippen molar-refractivity contribution in [3.05, 3.63) is 66.7 Å². The highest BCUT2D eigenvalue weighted by Crippen LogP contribution is 2.25. The predicted octanol–water partition coefficient (Wildman–Crippen LogP) is 4.72. The predicted molar refractivity (Wildman–Crippen MR) is 104 cm³/mol. The maximum Gasteiger partial charge on any atom is 0.335 e. The molecule has 0 aliphatic rings. The summed E-state index contributed by atoms with van der Waals surface area (Å²) in [6.45, 7) is 8.99. The molecule has 1 unspecified atom stereocenters. The highest BCUT2D eigenvalue weighted by Gasteiger charge is 2.25. The second kappa shape index (κ2) is 8.54. The van der Waals surface area contributed by atoms with Gasteiger partial charge in [-0.05, 0) is 56.2 Å². The van der Waals surface area contributed by atoms with Gasteiger partial charge in [0.25, 0.3) is 0 Å². The molecule has 2 rings (SSSR count). The van der Waals surface area contributed by atoms with Crippen LogP contribution in [0.25, 0.3) is 11.1 Å². The Labute approximate surface area is 159 Å². The summed E-state index contributed by atoms with van der Waals surface area (Å²) in [6, 6.07) is 14.3. The normalized spacial score (nSPS) is 12.1. The lowest BCUT2D eigenvalue weighted by Gasteiger charge is -2.28. The van der Waals surface area contributed by atoms with Gasteiger partial charge in [-0.25, -0.2) is 9.59 Å². The minimum atomic E-state index is -0.944. The molecule has 1 N–H and O–H groups in total. The van der Waals surface area contributed by atoms with Crippen LogP contribution in [0.4, 0.5) is 0 Å². The Morgan fingerprint density at radius 3 is 2.07 bits per heavy atom. The third-order valence-corrected chi connectivity index (χ3v) is 3.98. The quantitative estimate of drug-likeness (QED) is 0.539. The third-order valence-electron chi connectivity index (χ3n) is 3.98. The highest BCUT2D eigenvalue weighted by atomic mass is 16.6. The van der Waals surface area contributed by atoms with Crippen LogP contribution in [0.5, 0.6) is 5.75 Å². The zero-order valence-corrected chi connectivity index (χ0v) is 15.8. The van der Waals surface area contributed by atoms with Crippen molar-refractivity contribution >= 4 is 11.9 Å². The summed E-state index contributed by atoms with van der Waals surface area (Å²) in [4.78, 5) is 22.3. The molecule has 0 aromatic heterocycles. The van der Waals surface area contributed by atoms with Crippen LogP contribution in [0, 0.1) is 0 Å². The minimum Gasteiger partial charge on any atom is -0.491 e. The van der Waals surface area contributed by atoms with E-state index in [1.807, 2.05) is 45.0 Å². The van der Waals surface area contributed by atoms with E-state index in [4.69, 9.17) is 14.6 Å². The fourth-order valence-electron chi connectivity index (χ4n) is 2.85. The fourth-order valence-corrected chi connectivity index (χ4v) is 2.85. The van der Waals surface area contributed by atoms with Crippen molar-refractivity contribution in [2.24, 2.45) is 0 Å². The van der Waals surface area contributed by atoms with Gasteiger partial charge in [0.05, 0.1) is 11.7 Å². The topological polar surface area (TPSA) is 72.8 Å². The molecule has 0 aliphatic heterocycles. The van der Waals surface area contributed by atoms with Crippen LogP contribution in [0.3, 0.4) is 0 Å². The Morgan fingerprint density at radius 2 is 1.59 bits per heavy atom. The summed E-state index contributed by atoms with van der Waals surface area (Å²) in [5.41, 5.74) is 1.49. The molecule has 27 heavy (non-hydrogen) atoms. The molecule has 142 valence electrons. The molecule has 1 atom stereocenters. The van der Waals surface area contributed by atoms with E-state index in [2.05, 4.69) is 6.58 Å². The average molecular weight is 368 g/mol. The third kappa shape index (κ3) is 5.99. The molecule has 5 nitrogen and oxygen atoms in total. The molecular formula is C22H24O5. The number of carbonyl (C=O) groups is 2. The number of carboxylic acids is 1. The Hall–Kier alpha value is -3.08. The maximum atomic E-state index is 11.4. The number of benzene rings is 2. The van der Waals surface area contributed by atoms with Gasteiger partial charge in [0.15, 0.2) is 0 Å². The summed E-state index contributed by atoms with van der Waals surface area (Å²) in [5.74, 6) is -0.689. The number of carboxylic acid groups (broad SMARTS) is 1. The van der Waals surface area contributed by atoms with Crippen molar-refractivity contribution < 1.29 is 24.2 Å². The van der Waals surface area contributed by atoms with Gasteiger partial charge in [0.1, 0.15) is 11.4 Å². The van der Waals surface area contributed by atoms with E-state index in [1.165, 1.54) is 0 Å². The molecule has 0 fully saturated rings. The van der Waals surface area contributed by atoms with Crippen LogP contribution in [0.2, 0.25) is 0 Å². The Balaban J connectivity index is 1.99. The largest absolute Gasteiger partial charge is 0.491 e. The molecule has 0 amide bonds. The molecule has 0 spiro atoms. The molecule has 0 saturated carbocycles. The van der Waals surface area contributed by atoms with Crippen LogP contribution in [0.1, 0.15) is 37.6 Å². The zero-order valence-electron chi connectivity index (χ0n) is 15.8. The highest BCUT2D eigenvalue weighted by molar-refractivity contribution is 5.88. The van der Waals surface area contributed by atoms with Gasteiger partial charge in [-0.1, -0.05) is 30.8 Å². The van der Waals surface area contributed by atoms with E-state index in [0.717, 1.165) is 17.2 Å². The average Bonchev–Trinajstić information content (AvgIpc) is 2.61. The zero-order chi connectivity index (χ0) is 20.0. The van der Waals surface area contributed by atoms with Crippen LogP contribution >= 0.6 is 0 Å². The standard InChI is InChI=1S/C22H24O5/c1-5-20(23)27-22(3,4)14-15(2)26-19-12-10-17(11-13-19)16-6-8-18(9-7-16)21(24)25/h5-13,15H,1,14H2,2-4H3,(H,24,25). The molecule has 0 radical (unpaired) electrons. The monoisotopic (exact) mass is 368 g/mol. The Morgan fingerprint density at radius 1 is 1.07 bits per heavy atom. The first kappa shape index (κ1) is 20.2. The number of esters is 1. The second-order valence-corrected chi connectivity index (χ2v) is 6.92. The summed E-state index contributed by atoms with van der Waals surface area (Å²) in [7, 11) is 0. The maximum absolute atomic E-state index is 11.4. The smallest absolute Gasteiger partial charge is 0.335 e. The first-order chi connectivity index (χ1) is 12.7.